The predicted octanol–water partition coefficient (Wildman–Crippen LogP) is 4.96. The second kappa shape index (κ2) is 8.26. The van der Waals surface area contributed by atoms with E-state index in [9.17, 15) is 4.79 Å². The van der Waals surface area contributed by atoms with E-state index >= 15 is 0 Å². The minimum absolute atomic E-state index is 0.0599. The fraction of sp³-hybridized carbons (Fsp3) is 0.409. The Bertz CT molecular complexity index is 714. The summed E-state index contributed by atoms with van der Waals surface area (Å²) in [5.41, 5.74) is 1.20. The number of piperidine rings is 1. The second-order valence-electron chi connectivity index (χ2n) is 7.11. The monoisotopic (exact) mass is 353 g/mol. The van der Waals surface area contributed by atoms with Crippen molar-refractivity contribution in [3.8, 4) is 17.2 Å². The van der Waals surface area contributed by atoms with Gasteiger partial charge in [-0.2, -0.15) is 0 Å². The first-order chi connectivity index (χ1) is 12.5. The van der Waals surface area contributed by atoms with Gasteiger partial charge >= 0.3 is 0 Å². The summed E-state index contributed by atoms with van der Waals surface area (Å²) < 4.78 is 11.5. The van der Waals surface area contributed by atoms with E-state index in [-0.39, 0.29) is 12.5 Å². The predicted molar refractivity (Wildman–Crippen MR) is 103 cm³/mol. The van der Waals surface area contributed by atoms with Crippen molar-refractivity contribution in [1.29, 1.82) is 0 Å². The maximum Gasteiger partial charge on any atom is 0.260 e. The lowest BCUT2D eigenvalue weighted by atomic mass is 9.97. The molecule has 2 aromatic rings. The van der Waals surface area contributed by atoms with Crippen molar-refractivity contribution in [2.24, 2.45) is 0 Å². The zero-order valence-corrected chi connectivity index (χ0v) is 15.8. The van der Waals surface area contributed by atoms with Gasteiger partial charge in [-0.05, 0) is 76.4 Å². The first-order valence-corrected chi connectivity index (χ1v) is 9.31. The minimum Gasteiger partial charge on any atom is -0.484 e. The van der Waals surface area contributed by atoms with E-state index in [2.05, 4.69) is 13.8 Å². The molecule has 2 aromatic carbocycles. The molecule has 4 nitrogen and oxygen atoms in total. The summed E-state index contributed by atoms with van der Waals surface area (Å²) in [6.45, 7) is 6.35. The summed E-state index contributed by atoms with van der Waals surface area (Å²) in [4.78, 5) is 14.5. The third kappa shape index (κ3) is 4.57. The van der Waals surface area contributed by atoms with Crippen LogP contribution in [0, 0.1) is 6.92 Å². The van der Waals surface area contributed by atoms with Gasteiger partial charge < -0.3 is 14.4 Å². The highest BCUT2D eigenvalue weighted by Crippen LogP contribution is 2.25. The highest BCUT2D eigenvalue weighted by atomic mass is 16.5. The molecule has 1 aliphatic heterocycles. The molecule has 1 amide bonds. The average Bonchev–Trinajstić information content (AvgIpc) is 2.63. The molecular weight excluding hydrogens is 326 g/mol. The number of aryl methyl sites for hydroxylation is 1. The Kier molecular flexibility index (Phi) is 5.82. The zero-order chi connectivity index (χ0) is 18.5. The topological polar surface area (TPSA) is 38.8 Å². The van der Waals surface area contributed by atoms with Crippen LogP contribution in [0.1, 0.15) is 38.7 Å². The number of benzene rings is 2. The van der Waals surface area contributed by atoms with Gasteiger partial charge in [-0.1, -0.05) is 17.7 Å². The van der Waals surface area contributed by atoms with Crippen molar-refractivity contribution in [3.63, 3.8) is 0 Å². The average molecular weight is 353 g/mol. The molecule has 0 bridgehead atoms. The van der Waals surface area contributed by atoms with Gasteiger partial charge in [-0.25, -0.2) is 0 Å². The Morgan fingerprint density at radius 1 is 0.923 bits per heavy atom. The van der Waals surface area contributed by atoms with E-state index in [1.165, 1.54) is 12.0 Å². The highest BCUT2D eigenvalue weighted by molar-refractivity contribution is 5.78. The SMILES string of the molecule is Cc1ccc(Oc2ccc(OCC(=O)N3[C@H](C)CCC[C@H]3C)cc2)cc1. The van der Waals surface area contributed by atoms with Crippen LogP contribution in [0.4, 0.5) is 0 Å². The lowest BCUT2D eigenvalue weighted by molar-refractivity contribution is -0.139. The largest absolute Gasteiger partial charge is 0.484 e. The van der Waals surface area contributed by atoms with E-state index in [0.29, 0.717) is 17.8 Å². The van der Waals surface area contributed by atoms with Crippen LogP contribution in [0.15, 0.2) is 48.5 Å². The normalized spacial score (nSPS) is 19.9. The van der Waals surface area contributed by atoms with Gasteiger partial charge in [0.15, 0.2) is 6.61 Å². The molecule has 0 saturated carbocycles. The Balaban J connectivity index is 1.54. The van der Waals surface area contributed by atoms with E-state index in [0.717, 1.165) is 24.3 Å². The summed E-state index contributed by atoms with van der Waals surface area (Å²) in [5.74, 6) is 2.27. The fourth-order valence-electron chi connectivity index (χ4n) is 3.48. The number of rotatable bonds is 5. The van der Waals surface area contributed by atoms with Crippen LogP contribution in [-0.2, 0) is 4.79 Å². The third-order valence-corrected chi connectivity index (χ3v) is 4.92. The van der Waals surface area contributed by atoms with E-state index < -0.39 is 0 Å². The number of likely N-dealkylation sites (tertiary alicyclic amines) is 1. The van der Waals surface area contributed by atoms with Crippen LogP contribution in [0.5, 0.6) is 17.2 Å². The quantitative estimate of drug-likeness (QED) is 0.763. The first-order valence-electron chi connectivity index (χ1n) is 9.31. The molecule has 3 rings (SSSR count). The molecular formula is C22H27NO3. The van der Waals surface area contributed by atoms with Crippen molar-refractivity contribution in [3.05, 3.63) is 54.1 Å². The second-order valence-corrected chi connectivity index (χ2v) is 7.11. The van der Waals surface area contributed by atoms with Gasteiger partial charge in [-0.3, -0.25) is 4.79 Å². The Labute approximate surface area is 155 Å². The first kappa shape index (κ1) is 18.3. The molecule has 0 aliphatic carbocycles. The van der Waals surface area contributed by atoms with Crippen molar-refractivity contribution in [2.45, 2.75) is 52.1 Å². The van der Waals surface area contributed by atoms with E-state index in [4.69, 9.17) is 9.47 Å². The molecule has 0 unspecified atom stereocenters. The van der Waals surface area contributed by atoms with Crippen molar-refractivity contribution in [1.82, 2.24) is 4.90 Å². The lowest BCUT2D eigenvalue weighted by Crippen LogP contribution is -2.49. The molecule has 2 atom stereocenters. The summed E-state index contributed by atoms with van der Waals surface area (Å²) in [7, 11) is 0. The van der Waals surface area contributed by atoms with E-state index in [1.54, 1.807) is 0 Å². The van der Waals surface area contributed by atoms with Crippen molar-refractivity contribution in [2.75, 3.05) is 6.61 Å². The molecule has 0 N–H and O–H groups in total. The number of ether oxygens (including phenoxy) is 2. The molecule has 1 saturated heterocycles. The summed E-state index contributed by atoms with van der Waals surface area (Å²) in [6.07, 6.45) is 3.33. The van der Waals surface area contributed by atoms with Crippen LogP contribution < -0.4 is 9.47 Å². The van der Waals surface area contributed by atoms with Crippen LogP contribution in [0.2, 0.25) is 0 Å². The van der Waals surface area contributed by atoms with Gasteiger partial charge in [-0.15, -0.1) is 0 Å². The number of carbonyl (C=O) groups excluding carboxylic acids is 1. The zero-order valence-electron chi connectivity index (χ0n) is 15.8. The van der Waals surface area contributed by atoms with Gasteiger partial charge in [0, 0.05) is 12.1 Å². The smallest absolute Gasteiger partial charge is 0.260 e. The Morgan fingerprint density at radius 2 is 1.42 bits per heavy atom. The number of hydrogen-bond donors (Lipinski definition) is 0. The number of hydrogen-bond acceptors (Lipinski definition) is 3. The molecule has 26 heavy (non-hydrogen) atoms. The van der Waals surface area contributed by atoms with Crippen LogP contribution in [0.3, 0.4) is 0 Å². The fourth-order valence-corrected chi connectivity index (χ4v) is 3.48. The van der Waals surface area contributed by atoms with Gasteiger partial charge in [0.05, 0.1) is 0 Å². The van der Waals surface area contributed by atoms with E-state index in [1.807, 2.05) is 60.4 Å². The van der Waals surface area contributed by atoms with Crippen molar-refractivity contribution >= 4 is 5.91 Å². The standard InChI is InChI=1S/C22H27NO3/c1-16-7-9-20(10-8-16)26-21-13-11-19(12-14-21)25-15-22(24)23-17(2)5-4-6-18(23)3/h7-14,17-18H,4-6,15H2,1-3H3/t17-,18-/m1/s1. The summed E-state index contributed by atoms with van der Waals surface area (Å²) in [5, 5.41) is 0. The van der Waals surface area contributed by atoms with Crippen LogP contribution in [0.25, 0.3) is 0 Å². The number of amides is 1. The molecule has 4 heteroatoms. The highest BCUT2D eigenvalue weighted by Gasteiger charge is 2.28. The van der Waals surface area contributed by atoms with Crippen LogP contribution in [-0.4, -0.2) is 29.5 Å². The molecule has 138 valence electrons. The van der Waals surface area contributed by atoms with Crippen LogP contribution >= 0.6 is 0 Å². The van der Waals surface area contributed by atoms with Crippen molar-refractivity contribution < 1.29 is 14.3 Å². The third-order valence-electron chi connectivity index (χ3n) is 4.92. The van der Waals surface area contributed by atoms with Gasteiger partial charge in [0.25, 0.3) is 5.91 Å². The molecule has 0 aromatic heterocycles. The number of nitrogens with zero attached hydrogens (tertiary/aromatic N) is 1. The molecule has 1 fully saturated rings. The molecule has 0 spiro atoms. The maximum absolute atomic E-state index is 12.5. The molecule has 1 heterocycles. The molecule has 1 aliphatic rings. The minimum atomic E-state index is 0.0599. The maximum atomic E-state index is 12.5. The summed E-state index contributed by atoms with van der Waals surface area (Å²) >= 11 is 0. The Morgan fingerprint density at radius 3 is 2.00 bits per heavy atom. The van der Waals surface area contributed by atoms with Gasteiger partial charge in [0.1, 0.15) is 17.2 Å². The number of carbonyl (C=O) groups is 1. The Hall–Kier alpha value is -2.49. The molecule has 0 radical (unpaired) electrons. The lowest BCUT2D eigenvalue weighted by Gasteiger charge is -2.38. The van der Waals surface area contributed by atoms with Gasteiger partial charge in [0.2, 0.25) is 0 Å². The summed E-state index contributed by atoms with van der Waals surface area (Å²) in [6, 6.07) is 15.9.